The fraction of sp³-hybridized carbons (Fsp3) is 0.533. The Kier molecular flexibility index (Phi) is 4.63. The Morgan fingerprint density at radius 3 is 2.32 bits per heavy atom. The van der Waals surface area contributed by atoms with Crippen molar-refractivity contribution in [3.05, 3.63) is 28.2 Å². The van der Waals surface area contributed by atoms with Crippen LogP contribution in [0.2, 0.25) is 0 Å². The lowest BCUT2D eigenvalue weighted by Gasteiger charge is -2.38. The van der Waals surface area contributed by atoms with Crippen molar-refractivity contribution in [1.82, 2.24) is 4.90 Å². The molecule has 1 saturated heterocycles. The molecule has 2 rings (SSSR count). The van der Waals surface area contributed by atoms with Gasteiger partial charge in [0.1, 0.15) is 0 Å². The number of rotatable bonds is 3. The highest BCUT2D eigenvalue weighted by Crippen LogP contribution is 2.25. The minimum Gasteiger partial charge on any atom is -0.369 e. The third kappa shape index (κ3) is 3.37. The van der Waals surface area contributed by atoms with Gasteiger partial charge in [-0.15, -0.1) is 0 Å². The number of hydrogen-bond acceptors (Lipinski definition) is 3. The van der Waals surface area contributed by atoms with Crippen molar-refractivity contribution < 1.29 is 4.79 Å². The minimum absolute atomic E-state index is 0.100. The summed E-state index contributed by atoms with van der Waals surface area (Å²) in [5.41, 5.74) is 1.95. The number of anilines is 1. The summed E-state index contributed by atoms with van der Waals surface area (Å²) in [4.78, 5) is 16.3. The fourth-order valence-corrected chi connectivity index (χ4v) is 3.13. The molecule has 3 nitrogen and oxygen atoms in total. The highest BCUT2D eigenvalue weighted by Gasteiger charge is 2.19. The Bertz CT molecular complexity index is 465. The second kappa shape index (κ2) is 6.06. The zero-order chi connectivity index (χ0) is 14.0. The second-order valence-electron chi connectivity index (χ2n) is 5.34. The van der Waals surface area contributed by atoms with Crippen LogP contribution in [0.1, 0.15) is 31.1 Å². The Balaban J connectivity index is 2.08. The molecule has 0 aromatic heterocycles. The maximum absolute atomic E-state index is 11.4. The van der Waals surface area contributed by atoms with E-state index in [2.05, 4.69) is 45.6 Å². The summed E-state index contributed by atoms with van der Waals surface area (Å²) in [6.45, 7) is 10.4. The molecule has 1 heterocycles. The average Bonchev–Trinajstić information content (AvgIpc) is 2.38. The fourth-order valence-electron chi connectivity index (χ4n) is 2.48. The average molecular weight is 325 g/mol. The number of carbonyl (C=O) groups excluding carboxylic acids is 1. The van der Waals surface area contributed by atoms with Crippen LogP contribution in [0.15, 0.2) is 22.7 Å². The van der Waals surface area contributed by atoms with E-state index in [9.17, 15) is 4.79 Å². The Morgan fingerprint density at radius 1 is 1.21 bits per heavy atom. The molecule has 1 aromatic carbocycles. The van der Waals surface area contributed by atoms with E-state index in [0.717, 1.165) is 36.2 Å². The van der Waals surface area contributed by atoms with Gasteiger partial charge in [0, 0.05) is 47.9 Å². The molecule has 1 fully saturated rings. The second-order valence-corrected chi connectivity index (χ2v) is 6.19. The van der Waals surface area contributed by atoms with E-state index >= 15 is 0 Å². The molecule has 1 aliphatic rings. The molecule has 19 heavy (non-hydrogen) atoms. The first-order chi connectivity index (χ1) is 8.99. The molecule has 0 atom stereocenters. The number of piperazine rings is 1. The molecule has 0 radical (unpaired) electrons. The summed E-state index contributed by atoms with van der Waals surface area (Å²) in [7, 11) is 0. The highest BCUT2D eigenvalue weighted by atomic mass is 79.9. The van der Waals surface area contributed by atoms with E-state index in [1.54, 1.807) is 6.92 Å². The van der Waals surface area contributed by atoms with E-state index in [1.807, 2.05) is 12.1 Å². The van der Waals surface area contributed by atoms with Crippen LogP contribution in [-0.2, 0) is 0 Å². The third-order valence-corrected chi connectivity index (χ3v) is 4.40. The Labute approximate surface area is 123 Å². The number of Topliss-reactive ketones (excluding diaryl/α,β-unsaturated/α-hetero) is 1. The number of benzene rings is 1. The maximum Gasteiger partial charge on any atom is 0.160 e. The maximum atomic E-state index is 11.4. The largest absolute Gasteiger partial charge is 0.369 e. The Hall–Kier alpha value is -0.870. The molecular formula is C15H21BrN2O. The molecular weight excluding hydrogens is 304 g/mol. The number of halogens is 1. The van der Waals surface area contributed by atoms with Crippen LogP contribution in [0.25, 0.3) is 0 Å². The SMILES string of the molecule is CC(=O)c1ccc(N2CCN(C(C)C)CC2)cc1Br. The van der Waals surface area contributed by atoms with Crippen molar-refractivity contribution in [2.45, 2.75) is 26.8 Å². The number of carbonyl (C=O) groups is 1. The van der Waals surface area contributed by atoms with Crippen LogP contribution in [0.3, 0.4) is 0 Å². The molecule has 0 saturated carbocycles. The van der Waals surface area contributed by atoms with Crippen molar-refractivity contribution in [1.29, 1.82) is 0 Å². The van der Waals surface area contributed by atoms with Gasteiger partial charge < -0.3 is 4.90 Å². The van der Waals surface area contributed by atoms with Crippen molar-refractivity contribution in [3.8, 4) is 0 Å². The lowest BCUT2D eigenvalue weighted by Crippen LogP contribution is -2.48. The third-order valence-electron chi connectivity index (χ3n) is 3.74. The summed E-state index contributed by atoms with van der Waals surface area (Å²) < 4.78 is 0.892. The van der Waals surface area contributed by atoms with Gasteiger partial charge >= 0.3 is 0 Å². The summed E-state index contributed by atoms with van der Waals surface area (Å²) in [6.07, 6.45) is 0. The summed E-state index contributed by atoms with van der Waals surface area (Å²) in [5.74, 6) is 0.100. The smallest absolute Gasteiger partial charge is 0.160 e. The molecule has 104 valence electrons. The number of ketones is 1. The van der Waals surface area contributed by atoms with Gasteiger partial charge in [0.25, 0.3) is 0 Å². The van der Waals surface area contributed by atoms with Crippen LogP contribution in [0.5, 0.6) is 0 Å². The lowest BCUT2D eigenvalue weighted by molar-refractivity contribution is 0.101. The standard InChI is InChI=1S/C15H21BrN2O/c1-11(2)17-6-8-18(9-7-17)13-4-5-14(12(3)19)15(16)10-13/h4-5,10-11H,6-9H2,1-3H3. The van der Waals surface area contributed by atoms with Crippen LogP contribution in [-0.4, -0.2) is 42.9 Å². The van der Waals surface area contributed by atoms with E-state index in [0.29, 0.717) is 6.04 Å². The van der Waals surface area contributed by atoms with Gasteiger partial charge in [0.05, 0.1) is 0 Å². The van der Waals surface area contributed by atoms with E-state index in [-0.39, 0.29) is 5.78 Å². The van der Waals surface area contributed by atoms with Crippen LogP contribution in [0.4, 0.5) is 5.69 Å². The molecule has 0 N–H and O–H groups in total. The monoisotopic (exact) mass is 324 g/mol. The molecule has 0 spiro atoms. The molecule has 0 amide bonds. The van der Waals surface area contributed by atoms with Gasteiger partial charge in [-0.3, -0.25) is 9.69 Å². The summed E-state index contributed by atoms with van der Waals surface area (Å²) in [6, 6.07) is 6.64. The molecule has 4 heteroatoms. The molecule has 0 bridgehead atoms. The zero-order valence-corrected chi connectivity index (χ0v) is 13.4. The molecule has 1 aliphatic heterocycles. The van der Waals surface area contributed by atoms with Gasteiger partial charge in [-0.25, -0.2) is 0 Å². The first-order valence-corrected chi connectivity index (χ1v) is 7.58. The van der Waals surface area contributed by atoms with Crippen molar-refractivity contribution in [3.63, 3.8) is 0 Å². The predicted octanol–water partition coefficient (Wildman–Crippen LogP) is 3.18. The first kappa shape index (κ1) is 14.5. The Morgan fingerprint density at radius 2 is 1.84 bits per heavy atom. The number of nitrogens with zero attached hydrogens (tertiary/aromatic N) is 2. The summed E-state index contributed by atoms with van der Waals surface area (Å²) in [5, 5.41) is 0. The minimum atomic E-state index is 0.100. The highest BCUT2D eigenvalue weighted by molar-refractivity contribution is 9.10. The van der Waals surface area contributed by atoms with Crippen LogP contribution >= 0.6 is 15.9 Å². The van der Waals surface area contributed by atoms with E-state index < -0.39 is 0 Å². The van der Waals surface area contributed by atoms with Crippen molar-refractivity contribution in [2.75, 3.05) is 31.1 Å². The molecule has 0 unspecified atom stereocenters. The quantitative estimate of drug-likeness (QED) is 0.798. The van der Waals surface area contributed by atoms with Crippen LogP contribution in [0, 0.1) is 0 Å². The zero-order valence-electron chi connectivity index (χ0n) is 11.8. The number of hydrogen-bond donors (Lipinski definition) is 0. The van der Waals surface area contributed by atoms with Crippen molar-refractivity contribution >= 4 is 27.4 Å². The van der Waals surface area contributed by atoms with Gasteiger partial charge in [0.15, 0.2) is 5.78 Å². The van der Waals surface area contributed by atoms with Gasteiger partial charge in [-0.05, 0) is 54.9 Å². The summed E-state index contributed by atoms with van der Waals surface area (Å²) >= 11 is 3.49. The lowest BCUT2D eigenvalue weighted by atomic mass is 10.1. The van der Waals surface area contributed by atoms with Crippen molar-refractivity contribution in [2.24, 2.45) is 0 Å². The van der Waals surface area contributed by atoms with Gasteiger partial charge in [0.2, 0.25) is 0 Å². The van der Waals surface area contributed by atoms with E-state index in [4.69, 9.17) is 0 Å². The first-order valence-electron chi connectivity index (χ1n) is 6.78. The van der Waals surface area contributed by atoms with E-state index in [1.165, 1.54) is 5.69 Å². The van der Waals surface area contributed by atoms with Gasteiger partial charge in [-0.1, -0.05) is 0 Å². The normalized spacial score (nSPS) is 17.0. The molecule has 1 aromatic rings. The van der Waals surface area contributed by atoms with Gasteiger partial charge in [-0.2, -0.15) is 0 Å². The van der Waals surface area contributed by atoms with Crippen LogP contribution < -0.4 is 4.90 Å². The predicted molar refractivity (Wildman–Crippen MR) is 83.1 cm³/mol. The topological polar surface area (TPSA) is 23.6 Å². The molecule has 0 aliphatic carbocycles.